The molecule has 1 aliphatic heterocycles. The molecule has 0 saturated heterocycles. The highest BCUT2D eigenvalue weighted by atomic mass is 35.5. The van der Waals surface area contributed by atoms with Gasteiger partial charge in [0.25, 0.3) is 0 Å². The van der Waals surface area contributed by atoms with Gasteiger partial charge in [0, 0.05) is 12.1 Å². The number of aliphatic hydroxyl groups excluding tert-OH is 1. The van der Waals surface area contributed by atoms with Crippen LogP contribution in [0.15, 0.2) is 57.5 Å². The molecule has 0 fully saturated rings. The second-order valence-electron chi connectivity index (χ2n) is 6.14. The molecule has 2 N–H and O–H groups in total. The molecule has 0 aromatic carbocycles. The minimum absolute atomic E-state index is 0. The molecule has 3 aliphatic carbocycles. The summed E-state index contributed by atoms with van der Waals surface area (Å²) in [4.78, 5) is 0. The number of dihydropyridines is 1. The molecule has 4 rings (SSSR count). The normalized spacial score (nSPS) is 26.5. The molecule has 1 atom stereocenters. The van der Waals surface area contributed by atoms with Crippen LogP contribution in [0.3, 0.4) is 0 Å². The van der Waals surface area contributed by atoms with E-state index < -0.39 is 0 Å². The quantitative estimate of drug-likeness (QED) is 0.779. The van der Waals surface area contributed by atoms with Gasteiger partial charge in [0.05, 0.1) is 13.2 Å². The maximum absolute atomic E-state index is 10.6. The average Bonchev–Trinajstić information content (AvgIpc) is 2.68. The van der Waals surface area contributed by atoms with Crippen LogP contribution in [0, 0.1) is 0 Å². The second kappa shape index (κ2) is 5.98. The first-order chi connectivity index (χ1) is 10.3. The third-order valence-corrected chi connectivity index (χ3v) is 4.96. The highest BCUT2D eigenvalue weighted by molar-refractivity contribution is 5.85. The lowest BCUT2D eigenvalue weighted by Gasteiger charge is -2.33. The van der Waals surface area contributed by atoms with E-state index in [-0.39, 0.29) is 18.5 Å². The van der Waals surface area contributed by atoms with Gasteiger partial charge < -0.3 is 15.2 Å². The van der Waals surface area contributed by atoms with Gasteiger partial charge >= 0.3 is 0 Å². The fraction of sp³-hybridized carbons (Fsp3) is 0.444. The van der Waals surface area contributed by atoms with Gasteiger partial charge in [-0.3, -0.25) is 0 Å². The molecule has 0 aromatic heterocycles. The Labute approximate surface area is 137 Å². The number of methoxy groups -OCH3 is 1. The maximum Gasteiger partial charge on any atom is 0.195 e. The molecule has 1 unspecified atom stereocenters. The Morgan fingerprint density at radius 2 is 2.09 bits per heavy atom. The maximum atomic E-state index is 10.6. The zero-order chi connectivity index (χ0) is 14.4. The Bertz CT molecular complexity index is 652. The molecule has 0 radical (unpaired) electrons. The van der Waals surface area contributed by atoms with Gasteiger partial charge in [-0.05, 0) is 54.4 Å². The topological polar surface area (TPSA) is 41.5 Å². The van der Waals surface area contributed by atoms with Crippen LogP contribution in [-0.2, 0) is 4.74 Å². The van der Waals surface area contributed by atoms with Gasteiger partial charge in [-0.2, -0.15) is 0 Å². The molecule has 3 nitrogen and oxygen atoms in total. The zero-order valence-corrected chi connectivity index (χ0v) is 13.6. The average molecular weight is 320 g/mol. The molecule has 4 heteroatoms. The Kier molecular flexibility index (Phi) is 4.20. The third-order valence-electron chi connectivity index (χ3n) is 4.96. The monoisotopic (exact) mass is 319 g/mol. The van der Waals surface area contributed by atoms with E-state index in [0.29, 0.717) is 0 Å². The van der Waals surface area contributed by atoms with Crippen molar-refractivity contribution in [1.29, 1.82) is 0 Å². The number of aliphatic hydroxyl groups is 1. The van der Waals surface area contributed by atoms with E-state index in [4.69, 9.17) is 4.74 Å². The Hall–Kier alpha value is -1.45. The summed E-state index contributed by atoms with van der Waals surface area (Å²) in [5.41, 5.74) is 7.63. The summed E-state index contributed by atoms with van der Waals surface area (Å²) in [6.45, 7) is 0.836. The number of rotatable bonds is 1. The molecule has 0 bridgehead atoms. The fourth-order valence-electron chi connectivity index (χ4n) is 4.00. The molecule has 0 aromatic rings. The molecule has 118 valence electrons. The summed E-state index contributed by atoms with van der Waals surface area (Å²) in [5, 5.41) is 14.0. The fourth-order valence-corrected chi connectivity index (χ4v) is 4.00. The standard InChI is InChI=1S/C18H21NO2.ClH/c1-21-18-17-15-11(4-2-6-13(15)10-19-18)8-9-12-5-3-7-14(20)16(12)17;/h2,4,8,14,19-20H,3,5-7,9-10H2,1H3;1H. The van der Waals surface area contributed by atoms with Crippen LogP contribution in [0.2, 0.25) is 0 Å². The second-order valence-corrected chi connectivity index (χ2v) is 6.14. The smallest absolute Gasteiger partial charge is 0.195 e. The van der Waals surface area contributed by atoms with Crippen LogP contribution >= 0.6 is 12.4 Å². The first kappa shape index (κ1) is 15.4. The lowest BCUT2D eigenvalue weighted by molar-refractivity contribution is 0.187. The summed E-state index contributed by atoms with van der Waals surface area (Å²) in [5.74, 6) is 0.824. The van der Waals surface area contributed by atoms with Crippen LogP contribution < -0.4 is 5.32 Å². The number of halogens is 1. The number of ether oxygens (including phenoxy) is 1. The van der Waals surface area contributed by atoms with E-state index in [1.807, 2.05) is 0 Å². The van der Waals surface area contributed by atoms with E-state index in [1.165, 1.54) is 22.3 Å². The molecular formula is C18H22ClNO2. The van der Waals surface area contributed by atoms with Gasteiger partial charge in [0.15, 0.2) is 5.88 Å². The van der Waals surface area contributed by atoms with Crippen molar-refractivity contribution >= 4 is 12.4 Å². The van der Waals surface area contributed by atoms with Crippen molar-refractivity contribution in [2.24, 2.45) is 0 Å². The summed E-state index contributed by atoms with van der Waals surface area (Å²) in [6, 6.07) is 0. The predicted octanol–water partition coefficient (Wildman–Crippen LogP) is 3.30. The van der Waals surface area contributed by atoms with Gasteiger partial charge in [-0.15, -0.1) is 12.4 Å². The summed E-state index contributed by atoms with van der Waals surface area (Å²) in [6.07, 6.45) is 11.4. The minimum Gasteiger partial charge on any atom is -0.482 e. The van der Waals surface area contributed by atoms with Crippen LogP contribution in [0.5, 0.6) is 0 Å². The van der Waals surface area contributed by atoms with Crippen molar-refractivity contribution in [2.75, 3.05) is 13.7 Å². The van der Waals surface area contributed by atoms with E-state index in [1.54, 1.807) is 7.11 Å². The highest BCUT2D eigenvalue weighted by Gasteiger charge is 2.35. The van der Waals surface area contributed by atoms with Gasteiger partial charge in [0.2, 0.25) is 0 Å². The number of allylic oxidation sites excluding steroid dienone is 6. The molecule has 0 saturated carbocycles. The van der Waals surface area contributed by atoms with E-state index >= 15 is 0 Å². The summed E-state index contributed by atoms with van der Waals surface area (Å²) >= 11 is 0. The van der Waals surface area contributed by atoms with Gasteiger partial charge in [-0.1, -0.05) is 23.8 Å². The van der Waals surface area contributed by atoms with Crippen LogP contribution in [0.1, 0.15) is 32.1 Å². The number of nitrogens with one attached hydrogen (secondary N) is 1. The van der Waals surface area contributed by atoms with Crippen molar-refractivity contribution in [1.82, 2.24) is 5.32 Å². The van der Waals surface area contributed by atoms with Crippen molar-refractivity contribution in [2.45, 2.75) is 38.2 Å². The summed E-state index contributed by atoms with van der Waals surface area (Å²) < 4.78 is 5.62. The van der Waals surface area contributed by atoms with Gasteiger partial charge in [-0.25, -0.2) is 0 Å². The molecule has 0 amide bonds. The first-order valence-electron chi connectivity index (χ1n) is 7.81. The number of hydrogen-bond donors (Lipinski definition) is 2. The van der Waals surface area contributed by atoms with Crippen LogP contribution in [0.25, 0.3) is 0 Å². The Morgan fingerprint density at radius 1 is 1.23 bits per heavy atom. The SMILES string of the molecule is COC1=C2C3=C(CC=CC3=CCC3=C2C(O)CCC3)CN1.Cl. The third kappa shape index (κ3) is 2.24. The van der Waals surface area contributed by atoms with Crippen molar-refractivity contribution in [3.63, 3.8) is 0 Å². The molecule has 22 heavy (non-hydrogen) atoms. The molecule has 0 spiro atoms. The lowest BCUT2D eigenvalue weighted by atomic mass is 9.78. The van der Waals surface area contributed by atoms with E-state index in [2.05, 4.69) is 23.5 Å². The number of hydrogen-bond acceptors (Lipinski definition) is 3. The van der Waals surface area contributed by atoms with E-state index in [0.717, 1.165) is 55.7 Å². The Balaban J connectivity index is 0.00000144. The lowest BCUT2D eigenvalue weighted by Crippen LogP contribution is -2.30. The van der Waals surface area contributed by atoms with Crippen molar-refractivity contribution in [3.8, 4) is 0 Å². The van der Waals surface area contributed by atoms with Crippen LogP contribution in [-0.4, -0.2) is 24.9 Å². The molecule has 1 heterocycles. The predicted molar refractivity (Wildman–Crippen MR) is 89.7 cm³/mol. The van der Waals surface area contributed by atoms with Gasteiger partial charge in [0.1, 0.15) is 0 Å². The van der Waals surface area contributed by atoms with Crippen molar-refractivity contribution < 1.29 is 9.84 Å². The van der Waals surface area contributed by atoms with Crippen molar-refractivity contribution in [3.05, 3.63) is 57.5 Å². The highest BCUT2D eigenvalue weighted by Crippen LogP contribution is 2.45. The molecular weight excluding hydrogens is 298 g/mol. The molecule has 4 aliphatic rings. The first-order valence-corrected chi connectivity index (χ1v) is 7.81. The van der Waals surface area contributed by atoms with E-state index in [9.17, 15) is 5.11 Å². The van der Waals surface area contributed by atoms with Crippen LogP contribution in [0.4, 0.5) is 0 Å². The largest absolute Gasteiger partial charge is 0.482 e. The Morgan fingerprint density at radius 3 is 2.91 bits per heavy atom. The number of fused-ring (bicyclic) bond motifs is 1. The minimum atomic E-state index is -0.360. The summed E-state index contributed by atoms with van der Waals surface area (Å²) in [7, 11) is 1.71. The zero-order valence-electron chi connectivity index (χ0n) is 12.8.